The van der Waals surface area contributed by atoms with Gasteiger partial charge >= 0.3 is 0 Å². The number of benzene rings is 2. The number of para-hydroxylation sites is 1. The van der Waals surface area contributed by atoms with Crippen LogP contribution in [-0.2, 0) is 6.54 Å². The van der Waals surface area contributed by atoms with Gasteiger partial charge in [0.1, 0.15) is 5.82 Å². The third kappa shape index (κ3) is 3.20. The summed E-state index contributed by atoms with van der Waals surface area (Å²) in [5.74, 6) is -0.263. The van der Waals surface area contributed by atoms with Gasteiger partial charge in [-0.05, 0) is 29.8 Å². The highest BCUT2D eigenvalue weighted by atomic mass is 79.9. The van der Waals surface area contributed by atoms with Gasteiger partial charge in [-0.3, -0.25) is 0 Å². The fraction of sp³-hybridized carbons (Fsp3) is 0.0769. The van der Waals surface area contributed by atoms with Crippen molar-refractivity contribution in [2.75, 3.05) is 5.32 Å². The summed E-state index contributed by atoms with van der Waals surface area (Å²) in [6.07, 6.45) is 0. The van der Waals surface area contributed by atoms with Crippen LogP contribution in [0.1, 0.15) is 5.56 Å². The SMILES string of the molecule is Fc1ccccc1NCc1ccc(Br)cc1Cl. The Kier molecular flexibility index (Phi) is 4.02. The van der Waals surface area contributed by atoms with Crippen molar-refractivity contribution in [2.24, 2.45) is 0 Å². The van der Waals surface area contributed by atoms with Gasteiger partial charge in [0.25, 0.3) is 0 Å². The first-order valence-electron chi connectivity index (χ1n) is 5.09. The van der Waals surface area contributed by atoms with E-state index < -0.39 is 0 Å². The summed E-state index contributed by atoms with van der Waals surface area (Å²) in [5.41, 5.74) is 1.41. The molecule has 0 aliphatic rings. The number of hydrogen-bond acceptors (Lipinski definition) is 1. The Hall–Kier alpha value is -1.06. The first-order valence-corrected chi connectivity index (χ1v) is 6.26. The van der Waals surface area contributed by atoms with Gasteiger partial charge < -0.3 is 5.32 Å². The highest BCUT2D eigenvalue weighted by Crippen LogP contribution is 2.22. The van der Waals surface area contributed by atoms with Crippen LogP contribution in [0.4, 0.5) is 10.1 Å². The summed E-state index contributed by atoms with van der Waals surface area (Å²) in [7, 11) is 0. The summed E-state index contributed by atoms with van der Waals surface area (Å²) in [4.78, 5) is 0. The molecular weight excluding hydrogens is 305 g/mol. The van der Waals surface area contributed by atoms with Crippen LogP contribution >= 0.6 is 27.5 Å². The van der Waals surface area contributed by atoms with Crippen LogP contribution in [0, 0.1) is 5.82 Å². The second-order valence-corrected chi connectivity index (χ2v) is 4.89. The first-order chi connectivity index (χ1) is 8.16. The highest BCUT2D eigenvalue weighted by Gasteiger charge is 2.03. The Bertz CT molecular complexity index is 531. The largest absolute Gasteiger partial charge is 0.379 e. The van der Waals surface area contributed by atoms with Crippen molar-refractivity contribution in [3.63, 3.8) is 0 Å². The molecule has 0 unspecified atom stereocenters. The van der Waals surface area contributed by atoms with Gasteiger partial charge in [0.05, 0.1) is 5.69 Å². The molecule has 0 bridgehead atoms. The summed E-state index contributed by atoms with van der Waals surface area (Å²) in [6.45, 7) is 0.493. The standard InChI is InChI=1S/C13H10BrClFN/c14-10-6-5-9(11(15)7-10)8-17-13-4-2-1-3-12(13)16/h1-7,17H,8H2. The van der Waals surface area contributed by atoms with Crippen LogP contribution in [0.25, 0.3) is 0 Å². The molecule has 17 heavy (non-hydrogen) atoms. The molecule has 0 aromatic heterocycles. The zero-order valence-electron chi connectivity index (χ0n) is 8.88. The van der Waals surface area contributed by atoms with E-state index in [0.717, 1.165) is 10.0 Å². The van der Waals surface area contributed by atoms with Gasteiger partial charge in [0, 0.05) is 16.0 Å². The van der Waals surface area contributed by atoms with Crippen molar-refractivity contribution >= 4 is 33.2 Å². The maximum atomic E-state index is 13.4. The number of hydrogen-bond donors (Lipinski definition) is 1. The molecule has 1 nitrogen and oxygen atoms in total. The normalized spacial score (nSPS) is 10.3. The van der Waals surface area contributed by atoms with E-state index in [9.17, 15) is 4.39 Å². The molecule has 0 amide bonds. The van der Waals surface area contributed by atoms with Crippen LogP contribution in [0.5, 0.6) is 0 Å². The molecule has 0 spiro atoms. The zero-order valence-corrected chi connectivity index (χ0v) is 11.2. The van der Waals surface area contributed by atoms with E-state index in [0.29, 0.717) is 17.3 Å². The number of halogens is 3. The van der Waals surface area contributed by atoms with Crippen molar-refractivity contribution in [1.82, 2.24) is 0 Å². The van der Waals surface area contributed by atoms with E-state index in [1.807, 2.05) is 18.2 Å². The minimum Gasteiger partial charge on any atom is -0.379 e. The molecule has 0 heterocycles. The Morgan fingerprint density at radius 3 is 2.65 bits per heavy atom. The molecule has 0 saturated heterocycles. The first kappa shape index (κ1) is 12.4. The second kappa shape index (κ2) is 5.52. The van der Waals surface area contributed by atoms with Gasteiger partial charge in [0.15, 0.2) is 0 Å². The van der Waals surface area contributed by atoms with Gasteiger partial charge in [-0.1, -0.05) is 45.7 Å². The van der Waals surface area contributed by atoms with E-state index in [-0.39, 0.29) is 5.82 Å². The second-order valence-electron chi connectivity index (χ2n) is 3.57. The average Bonchev–Trinajstić information content (AvgIpc) is 2.30. The summed E-state index contributed by atoms with van der Waals surface area (Å²) in [6, 6.07) is 12.2. The van der Waals surface area contributed by atoms with E-state index >= 15 is 0 Å². The molecule has 2 aromatic carbocycles. The lowest BCUT2D eigenvalue weighted by molar-refractivity contribution is 0.630. The summed E-state index contributed by atoms with van der Waals surface area (Å²) >= 11 is 9.41. The maximum absolute atomic E-state index is 13.4. The third-order valence-electron chi connectivity index (χ3n) is 2.36. The minimum absolute atomic E-state index is 0.263. The lowest BCUT2D eigenvalue weighted by Gasteiger charge is -2.09. The Morgan fingerprint density at radius 1 is 1.18 bits per heavy atom. The van der Waals surface area contributed by atoms with Crippen LogP contribution in [0.3, 0.4) is 0 Å². The average molecular weight is 315 g/mol. The van der Waals surface area contributed by atoms with E-state index in [1.54, 1.807) is 18.2 Å². The zero-order chi connectivity index (χ0) is 12.3. The molecule has 88 valence electrons. The van der Waals surface area contributed by atoms with Crippen molar-refractivity contribution in [3.05, 3.63) is 63.3 Å². The minimum atomic E-state index is -0.263. The fourth-order valence-electron chi connectivity index (χ4n) is 1.46. The molecule has 0 atom stereocenters. The van der Waals surface area contributed by atoms with Crippen molar-refractivity contribution in [1.29, 1.82) is 0 Å². The van der Waals surface area contributed by atoms with Crippen LogP contribution in [0.2, 0.25) is 5.02 Å². The molecule has 1 N–H and O–H groups in total. The Labute approximate surface area is 113 Å². The lowest BCUT2D eigenvalue weighted by atomic mass is 10.2. The van der Waals surface area contributed by atoms with Crippen molar-refractivity contribution < 1.29 is 4.39 Å². The summed E-state index contributed by atoms with van der Waals surface area (Å²) < 4.78 is 14.3. The predicted octanol–water partition coefficient (Wildman–Crippen LogP) is 4.85. The number of anilines is 1. The predicted molar refractivity (Wildman–Crippen MR) is 72.9 cm³/mol. The van der Waals surface area contributed by atoms with Crippen LogP contribution < -0.4 is 5.32 Å². The topological polar surface area (TPSA) is 12.0 Å². The fourth-order valence-corrected chi connectivity index (χ4v) is 2.20. The van der Waals surface area contributed by atoms with Crippen LogP contribution in [0.15, 0.2) is 46.9 Å². The molecule has 2 rings (SSSR count). The Morgan fingerprint density at radius 2 is 1.94 bits per heavy atom. The maximum Gasteiger partial charge on any atom is 0.146 e. The smallest absolute Gasteiger partial charge is 0.146 e. The molecule has 0 saturated carbocycles. The van der Waals surface area contributed by atoms with Gasteiger partial charge in [-0.15, -0.1) is 0 Å². The number of rotatable bonds is 3. The molecular formula is C13H10BrClFN. The van der Waals surface area contributed by atoms with E-state index in [1.165, 1.54) is 6.07 Å². The molecule has 0 radical (unpaired) electrons. The molecule has 0 fully saturated rings. The van der Waals surface area contributed by atoms with Gasteiger partial charge in [-0.25, -0.2) is 4.39 Å². The monoisotopic (exact) mass is 313 g/mol. The Balaban J connectivity index is 2.10. The van der Waals surface area contributed by atoms with Crippen LogP contribution in [-0.4, -0.2) is 0 Å². The molecule has 4 heteroatoms. The highest BCUT2D eigenvalue weighted by molar-refractivity contribution is 9.10. The molecule has 0 aliphatic heterocycles. The summed E-state index contributed by atoms with van der Waals surface area (Å²) in [5, 5.41) is 3.67. The van der Waals surface area contributed by atoms with Gasteiger partial charge in [-0.2, -0.15) is 0 Å². The third-order valence-corrected chi connectivity index (χ3v) is 3.20. The number of nitrogens with one attached hydrogen (secondary N) is 1. The van der Waals surface area contributed by atoms with Crippen molar-refractivity contribution in [3.8, 4) is 0 Å². The van der Waals surface area contributed by atoms with Gasteiger partial charge in [0.2, 0.25) is 0 Å². The van der Waals surface area contributed by atoms with E-state index in [4.69, 9.17) is 11.6 Å². The quantitative estimate of drug-likeness (QED) is 0.853. The van der Waals surface area contributed by atoms with E-state index in [2.05, 4.69) is 21.2 Å². The molecule has 0 aliphatic carbocycles. The molecule has 2 aromatic rings. The lowest BCUT2D eigenvalue weighted by Crippen LogP contribution is -2.01. The van der Waals surface area contributed by atoms with Crippen molar-refractivity contribution in [2.45, 2.75) is 6.54 Å².